The zero-order valence-corrected chi connectivity index (χ0v) is 18.2. The molecule has 2 aromatic rings. The van der Waals surface area contributed by atoms with Gasteiger partial charge in [0.05, 0.1) is 6.04 Å². The lowest BCUT2D eigenvalue weighted by atomic mass is 9.88. The van der Waals surface area contributed by atoms with Gasteiger partial charge >= 0.3 is 6.03 Å². The van der Waals surface area contributed by atoms with Crippen molar-refractivity contribution >= 4 is 6.03 Å². The summed E-state index contributed by atoms with van der Waals surface area (Å²) in [7, 11) is 0. The van der Waals surface area contributed by atoms with Crippen LogP contribution in [-0.4, -0.2) is 43.2 Å². The molecule has 1 fully saturated rings. The van der Waals surface area contributed by atoms with Gasteiger partial charge in [-0.1, -0.05) is 78.9 Å². The number of carbonyl (C=O) groups excluding carboxylic acids is 1. The number of hydrogen-bond acceptors (Lipinski definition) is 2. The molecule has 2 aliphatic rings. The third-order valence-electron chi connectivity index (χ3n) is 6.25. The zero-order valence-electron chi connectivity index (χ0n) is 18.2. The second-order valence-electron chi connectivity index (χ2n) is 8.48. The SMILES string of the molecule is O=C(NCCCN1CCC(c2cccc(-c3ccccc3)c2)CC1)NC1C=CCC=C1. The molecular weight excluding hydrogens is 382 g/mol. The fourth-order valence-corrected chi connectivity index (χ4v) is 4.49. The Kier molecular flexibility index (Phi) is 7.56. The van der Waals surface area contributed by atoms with Crippen LogP contribution in [-0.2, 0) is 0 Å². The normalized spacial score (nSPS) is 17.5. The van der Waals surface area contributed by atoms with Gasteiger partial charge in [-0.3, -0.25) is 0 Å². The zero-order chi connectivity index (χ0) is 21.3. The first-order valence-electron chi connectivity index (χ1n) is 11.5. The molecule has 162 valence electrons. The first-order chi connectivity index (χ1) is 15.3. The van der Waals surface area contributed by atoms with Crippen molar-refractivity contribution in [1.82, 2.24) is 15.5 Å². The molecule has 4 nitrogen and oxygen atoms in total. The maximum atomic E-state index is 12.0. The van der Waals surface area contributed by atoms with Gasteiger partial charge in [0.1, 0.15) is 0 Å². The molecule has 1 saturated heterocycles. The van der Waals surface area contributed by atoms with Crippen molar-refractivity contribution in [2.24, 2.45) is 0 Å². The van der Waals surface area contributed by atoms with Crippen molar-refractivity contribution in [3.05, 3.63) is 84.5 Å². The number of nitrogens with zero attached hydrogens (tertiary/aromatic N) is 1. The van der Waals surface area contributed by atoms with E-state index in [1.807, 2.05) is 12.2 Å². The lowest BCUT2D eigenvalue weighted by Gasteiger charge is -2.32. The number of hydrogen-bond donors (Lipinski definition) is 2. The number of rotatable bonds is 7. The van der Waals surface area contributed by atoms with E-state index >= 15 is 0 Å². The van der Waals surface area contributed by atoms with Crippen LogP contribution >= 0.6 is 0 Å². The fraction of sp³-hybridized carbons (Fsp3) is 0.370. The Bertz CT molecular complexity index is 886. The highest BCUT2D eigenvalue weighted by Crippen LogP contribution is 2.31. The quantitative estimate of drug-likeness (QED) is 0.488. The van der Waals surface area contributed by atoms with Gasteiger partial charge in [0.2, 0.25) is 0 Å². The van der Waals surface area contributed by atoms with Crippen molar-refractivity contribution in [2.45, 2.75) is 37.6 Å². The Balaban J connectivity index is 1.17. The van der Waals surface area contributed by atoms with E-state index in [1.54, 1.807) is 0 Å². The van der Waals surface area contributed by atoms with Gasteiger partial charge in [0, 0.05) is 6.54 Å². The van der Waals surface area contributed by atoms with Gasteiger partial charge in [0.25, 0.3) is 0 Å². The highest BCUT2D eigenvalue weighted by Gasteiger charge is 2.20. The molecule has 1 aliphatic heterocycles. The van der Waals surface area contributed by atoms with Crippen LogP contribution in [0.15, 0.2) is 78.9 Å². The minimum Gasteiger partial charge on any atom is -0.338 e. The van der Waals surface area contributed by atoms with E-state index in [0.717, 1.165) is 32.5 Å². The van der Waals surface area contributed by atoms with Crippen molar-refractivity contribution in [3.63, 3.8) is 0 Å². The number of amides is 2. The summed E-state index contributed by atoms with van der Waals surface area (Å²) < 4.78 is 0. The summed E-state index contributed by atoms with van der Waals surface area (Å²) in [5.74, 6) is 0.639. The molecule has 0 radical (unpaired) electrons. The van der Waals surface area contributed by atoms with Crippen molar-refractivity contribution in [1.29, 1.82) is 0 Å². The molecule has 2 N–H and O–H groups in total. The van der Waals surface area contributed by atoms with Gasteiger partial charge < -0.3 is 15.5 Å². The Hall–Kier alpha value is -2.85. The molecule has 1 aliphatic carbocycles. The van der Waals surface area contributed by atoms with Gasteiger partial charge in [-0.05, 0) is 67.9 Å². The number of allylic oxidation sites excluding steroid dienone is 2. The molecule has 2 amide bonds. The summed E-state index contributed by atoms with van der Waals surface area (Å²) in [6.07, 6.45) is 12.5. The maximum Gasteiger partial charge on any atom is 0.315 e. The standard InChI is InChI=1S/C27H33N3O/c31-27(29-26-13-5-2-6-14-26)28-17-8-18-30-19-15-23(16-20-30)25-12-7-11-24(21-25)22-9-3-1-4-10-22/h1,3-7,9-14,21,23,26H,2,8,15-20H2,(H2,28,29,31). The topological polar surface area (TPSA) is 44.4 Å². The largest absolute Gasteiger partial charge is 0.338 e. The summed E-state index contributed by atoms with van der Waals surface area (Å²) in [6, 6.07) is 19.6. The molecular formula is C27H33N3O. The van der Waals surface area contributed by atoms with E-state index in [1.165, 1.54) is 29.5 Å². The van der Waals surface area contributed by atoms with Crippen LogP contribution in [0.5, 0.6) is 0 Å². The molecule has 0 atom stereocenters. The monoisotopic (exact) mass is 415 g/mol. The summed E-state index contributed by atoms with van der Waals surface area (Å²) in [5.41, 5.74) is 4.06. The number of carbonyl (C=O) groups is 1. The highest BCUT2D eigenvalue weighted by atomic mass is 16.2. The van der Waals surface area contributed by atoms with Crippen molar-refractivity contribution < 1.29 is 4.79 Å². The molecule has 4 rings (SSSR count). The van der Waals surface area contributed by atoms with Crippen LogP contribution in [0.2, 0.25) is 0 Å². The van der Waals surface area contributed by atoms with Crippen LogP contribution < -0.4 is 10.6 Å². The number of urea groups is 1. The Labute approximate surface area is 186 Å². The Morgan fingerprint density at radius 2 is 1.68 bits per heavy atom. The molecule has 0 saturated carbocycles. The van der Waals surface area contributed by atoms with E-state index in [4.69, 9.17) is 0 Å². The molecule has 31 heavy (non-hydrogen) atoms. The van der Waals surface area contributed by atoms with Crippen LogP contribution in [0.4, 0.5) is 4.79 Å². The van der Waals surface area contributed by atoms with E-state index in [0.29, 0.717) is 12.5 Å². The average molecular weight is 416 g/mol. The van der Waals surface area contributed by atoms with Crippen molar-refractivity contribution in [3.8, 4) is 11.1 Å². The van der Waals surface area contributed by atoms with Gasteiger partial charge in [0.15, 0.2) is 0 Å². The molecule has 1 heterocycles. The average Bonchev–Trinajstić information content (AvgIpc) is 2.83. The number of benzene rings is 2. The van der Waals surface area contributed by atoms with Crippen LogP contribution in [0, 0.1) is 0 Å². The minimum atomic E-state index is -0.0850. The smallest absolute Gasteiger partial charge is 0.315 e. The fourth-order valence-electron chi connectivity index (χ4n) is 4.49. The maximum absolute atomic E-state index is 12.0. The Morgan fingerprint density at radius 3 is 2.45 bits per heavy atom. The summed E-state index contributed by atoms with van der Waals surface area (Å²) in [6.45, 7) is 4.01. The molecule has 0 unspecified atom stereocenters. The number of likely N-dealkylation sites (tertiary alicyclic amines) is 1. The van der Waals surface area contributed by atoms with Crippen LogP contribution in [0.1, 0.15) is 37.2 Å². The van der Waals surface area contributed by atoms with Gasteiger partial charge in [-0.15, -0.1) is 0 Å². The summed E-state index contributed by atoms with van der Waals surface area (Å²) in [4.78, 5) is 14.5. The lowest BCUT2D eigenvalue weighted by Crippen LogP contribution is -2.42. The molecule has 0 spiro atoms. The first-order valence-corrected chi connectivity index (χ1v) is 11.5. The van der Waals surface area contributed by atoms with Gasteiger partial charge in [-0.2, -0.15) is 0 Å². The van der Waals surface area contributed by atoms with Crippen LogP contribution in [0.3, 0.4) is 0 Å². The van der Waals surface area contributed by atoms with Gasteiger partial charge in [-0.25, -0.2) is 4.79 Å². The number of piperidine rings is 1. The minimum absolute atomic E-state index is 0.0215. The predicted octanol–water partition coefficient (Wildman–Crippen LogP) is 5.11. The van der Waals surface area contributed by atoms with E-state index in [-0.39, 0.29) is 12.1 Å². The summed E-state index contributed by atoms with van der Waals surface area (Å²) in [5, 5.41) is 5.94. The highest BCUT2D eigenvalue weighted by molar-refractivity contribution is 5.74. The predicted molar refractivity (Wildman–Crippen MR) is 128 cm³/mol. The second-order valence-corrected chi connectivity index (χ2v) is 8.48. The van der Waals surface area contributed by atoms with E-state index in [9.17, 15) is 4.79 Å². The van der Waals surface area contributed by atoms with Crippen LogP contribution in [0.25, 0.3) is 11.1 Å². The molecule has 2 aromatic carbocycles. The lowest BCUT2D eigenvalue weighted by molar-refractivity contribution is 0.208. The number of nitrogens with one attached hydrogen (secondary N) is 2. The third-order valence-corrected chi connectivity index (χ3v) is 6.25. The van der Waals surface area contributed by atoms with E-state index in [2.05, 4.69) is 82.3 Å². The Morgan fingerprint density at radius 1 is 0.935 bits per heavy atom. The second kappa shape index (κ2) is 11.0. The molecule has 0 aromatic heterocycles. The molecule has 0 bridgehead atoms. The first kappa shape index (κ1) is 21.4. The van der Waals surface area contributed by atoms with E-state index < -0.39 is 0 Å². The molecule has 4 heteroatoms. The third kappa shape index (κ3) is 6.31. The summed E-state index contributed by atoms with van der Waals surface area (Å²) >= 11 is 0. The van der Waals surface area contributed by atoms with Crippen molar-refractivity contribution in [2.75, 3.05) is 26.2 Å².